The highest BCUT2D eigenvalue weighted by Crippen LogP contribution is 2.29. The van der Waals surface area contributed by atoms with E-state index in [4.69, 9.17) is 5.26 Å². The van der Waals surface area contributed by atoms with Gasteiger partial charge in [-0.05, 0) is 52.3 Å². The average Bonchev–Trinajstić information content (AvgIpc) is 3.02. The fourth-order valence-electron chi connectivity index (χ4n) is 2.50. The third-order valence-corrected chi connectivity index (χ3v) is 7.73. The summed E-state index contributed by atoms with van der Waals surface area (Å²) in [6.45, 7) is 2.19. The Morgan fingerprint density at radius 1 is 1.04 bits per heavy atom. The van der Waals surface area contributed by atoms with Crippen molar-refractivity contribution in [3.63, 3.8) is 0 Å². The minimum atomic E-state index is -3.41. The molecule has 23 heavy (non-hydrogen) atoms. The van der Waals surface area contributed by atoms with Crippen molar-refractivity contribution in [2.45, 2.75) is 4.21 Å². The van der Waals surface area contributed by atoms with Gasteiger partial charge in [0.15, 0.2) is 0 Å². The van der Waals surface area contributed by atoms with Gasteiger partial charge in [0.2, 0.25) is 0 Å². The molecule has 0 atom stereocenters. The summed E-state index contributed by atoms with van der Waals surface area (Å²) in [7, 11) is -3.41. The molecule has 0 unspecified atom stereocenters. The number of hydrogen-bond acceptors (Lipinski definition) is 5. The summed E-state index contributed by atoms with van der Waals surface area (Å²) in [5.41, 5.74) is 1.64. The number of anilines is 1. The van der Waals surface area contributed by atoms with E-state index in [0.717, 1.165) is 9.47 Å². The van der Waals surface area contributed by atoms with Crippen LogP contribution in [0.2, 0.25) is 0 Å². The highest BCUT2D eigenvalue weighted by Gasteiger charge is 2.29. The first-order valence-electron chi connectivity index (χ1n) is 7.01. The van der Waals surface area contributed by atoms with Crippen LogP contribution in [0.15, 0.2) is 44.4 Å². The monoisotopic (exact) mass is 411 g/mol. The lowest BCUT2D eigenvalue weighted by molar-refractivity contribution is 0.386. The molecule has 8 heteroatoms. The first-order valence-corrected chi connectivity index (χ1v) is 10.1. The second kappa shape index (κ2) is 6.61. The zero-order valence-electron chi connectivity index (χ0n) is 12.1. The maximum atomic E-state index is 12.6. The highest BCUT2D eigenvalue weighted by atomic mass is 79.9. The van der Waals surface area contributed by atoms with E-state index in [0.29, 0.717) is 36.0 Å². The smallest absolute Gasteiger partial charge is 0.252 e. The van der Waals surface area contributed by atoms with Crippen LogP contribution in [0.25, 0.3) is 0 Å². The lowest BCUT2D eigenvalue weighted by atomic mass is 10.2. The first kappa shape index (κ1) is 16.5. The van der Waals surface area contributed by atoms with Gasteiger partial charge in [0.05, 0.1) is 15.4 Å². The van der Waals surface area contributed by atoms with Gasteiger partial charge in [-0.15, -0.1) is 11.3 Å². The molecule has 3 rings (SSSR count). The van der Waals surface area contributed by atoms with Crippen molar-refractivity contribution in [3.8, 4) is 6.07 Å². The largest absolute Gasteiger partial charge is 0.369 e. The average molecular weight is 412 g/mol. The van der Waals surface area contributed by atoms with Crippen LogP contribution in [0.1, 0.15) is 5.56 Å². The van der Waals surface area contributed by atoms with Crippen molar-refractivity contribution >= 4 is 43.0 Å². The molecule has 0 bridgehead atoms. The van der Waals surface area contributed by atoms with Crippen LogP contribution in [-0.2, 0) is 10.0 Å². The van der Waals surface area contributed by atoms with Gasteiger partial charge in [-0.1, -0.05) is 0 Å². The Kier molecular flexibility index (Phi) is 4.73. The van der Waals surface area contributed by atoms with Crippen LogP contribution in [0.5, 0.6) is 0 Å². The Labute approximate surface area is 147 Å². The molecule has 1 saturated heterocycles. The van der Waals surface area contributed by atoms with E-state index in [1.54, 1.807) is 24.3 Å². The molecule has 120 valence electrons. The number of halogens is 1. The van der Waals surface area contributed by atoms with E-state index in [2.05, 4.69) is 26.9 Å². The number of thiophene rings is 1. The maximum absolute atomic E-state index is 12.6. The molecule has 1 aliphatic rings. The predicted molar refractivity (Wildman–Crippen MR) is 94.1 cm³/mol. The molecule has 0 saturated carbocycles. The normalized spacial score (nSPS) is 16.3. The number of rotatable bonds is 3. The summed E-state index contributed by atoms with van der Waals surface area (Å²) in [5.74, 6) is 0. The zero-order valence-corrected chi connectivity index (χ0v) is 15.4. The van der Waals surface area contributed by atoms with Crippen LogP contribution < -0.4 is 4.90 Å². The number of sulfonamides is 1. The van der Waals surface area contributed by atoms with Crippen LogP contribution >= 0.6 is 27.3 Å². The molecule has 1 aliphatic heterocycles. The van der Waals surface area contributed by atoms with Crippen molar-refractivity contribution in [2.24, 2.45) is 0 Å². The molecular formula is C15H14BrN3O2S2. The molecule has 0 radical (unpaired) electrons. The van der Waals surface area contributed by atoms with Gasteiger partial charge in [0.25, 0.3) is 10.0 Å². The fraction of sp³-hybridized carbons (Fsp3) is 0.267. The summed E-state index contributed by atoms with van der Waals surface area (Å²) in [4.78, 5) is 2.14. The van der Waals surface area contributed by atoms with Crippen molar-refractivity contribution in [3.05, 3.63) is 45.7 Å². The summed E-state index contributed by atoms with van der Waals surface area (Å²) in [5, 5.41) is 8.83. The zero-order chi connectivity index (χ0) is 16.4. The summed E-state index contributed by atoms with van der Waals surface area (Å²) in [6, 6.07) is 12.8. The number of benzene rings is 1. The Hall–Kier alpha value is -1.40. The minimum absolute atomic E-state index is 0.371. The van der Waals surface area contributed by atoms with Crippen LogP contribution in [0.3, 0.4) is 0 Å². The van der Waals surface area contributed by atoms with E-state index < -0.39 is 10.0 Å². The topological polar surface area (TPSA) is 64.4 Å². The van der Waals surface area contributed by atoms with E-state index >= 15 is 0 Å². The highest BCUT2D eigenvalue weighted by molar-refractivity contribution is 9.11. The lowest BCUT2D eigenvalue weighted by Gasteiger charge is -2.35. The molecule has 1 fully saturated rings. The number of nitrogens with zero attached hydrogens (tertiary/aromatic N) is 3. The quantitative estimate of drug-likeness (QED) is 0.778. The molecule has 0 N–H and O–H groups in total. The van der Waals surface area contributed by atoms with Crippen LogP contribution in [0.4, 0.5) is 5.69 Å². The van der Waals surface area contributed by atoms with Crippen molar-refractivity contribution in [1.29, 1.82) is 5.26 Å². The lowest BCUT2D eigenvalue weighted by Crippen LogP contribution is -2.48. The predicted octanol–water partition coefficient (Wildman–Crippen LogP) is 2.89. The molecule has 2 aromatic rings. The summed E-state index contributed by atoms with van der Waals surface area (Å²) in [6.07, 6.45) is 0. The number of piperazine rings is 1. The number of nitriles is 1. The minimum Gasteiger partial charge on any atom is -0.369 e. The Morgan fingerprint density at radius 3 is 2.22 bits per heavy atom. The van der Waals surface area contributed by atoms with Gasteiger partial charge in [0, 0.05) is 31.9 Å². The molecule has 1 aromatic heterocycles. The van der Waals surface area contributed by atoms with Crippen molar-refractivity contribution < 1.29 is 8.42 Å². The van der Waals surface area contributed by atoms with Gasteiger partial charge >= 0.3 is 0 Å². The van der Waals surface area contributed by atoms with E-state index in [1.807, 2.05) is 12.1 Å². The van der Waals surface area contributed by atoms with Crippen molar-refractivity contribution in [2.75, 3.05) is 31.1 Å². The van der Waals surface area contributed by atoms with Gasteiger partial charge in [-0.2, -0.15) is 9.57 Å². The summed E-state index contributed by atoms with van der Waals surface area (Å²) < 4.78 is 27.9. The molecule has 0 aliphatic carbocycles. The number of hydrogen-bond donors (Lipinski definition) is 0. The second-order valence-corrected chi connectivity index (χ2v) is 9.74. The molecular weight excluding hydrogens is 398 g/mol. The van der Waals surface area contributed by atoms with E-state index in [-0.39, 0.29) is 0 Å². The Balaban J connectivity index is 1.69. The molecule has 0 spiro atoms. The maximum Gasteiger partial charge on any atom is 0.252 e. The van der Waals surface area contributed by atoms with E-state index in [1.165, 1.54) is 15.6 Å². The van der Waals surface area contributed by atoms with Gasteiger partial charge in [-0.25, -0.2) is 8.42 Å². The van der Waals surface area contributed by atoms with Crippen molar-refractivity contribution in [1.82, 2.24) is 4.31 Å². The van der Waals surface area contributed by atoms with E-state index in [9.17, 15) is 8.42 Å². The molecule has 1 aromatic carbocycles. The van der Waals surface area contributed by atoms with Crippen LogP contribution in [-0.4, -0.2) is 38.9 Å². The molecule has 5 nitrogen and oxygen atoms in total. The SMILES string of the molecule is N#Cc1ccc(N2CCN(S(=O)(=O)c3ccc(Br)s3)CC2)cc1. The Morgan fingerprint density at radius 2 is 1.70 bits per heavy atom. The first-order chi connectivity index (χ1) is 11.0. The van der Waals surface area contributed by atoms with Gasteiger partial charge < -0.3 is 4.90 Å². The molecule has 0 amide bonds. The second-order valence-electron chi connectivity index (χ2n) is 5.11. The molecule has 2 heterocycles. The Bertz CT molecular complexity index is 832. The van der Waals surface area contributed by atoms with Crippen LogP contribution in [0, 0.1) is 11.3 Å². The van der Waals surface area contributed by atoms with Gasteiger partial charge in [-0.3, -0.25) is 0 Å². The third kappa shape index (κ3) is 3.43. The third-order valence-electron chi connectivity index (χ3n) is 3.74. The fourth-order valence-corrected chi connectivity index (χ4v) is 6.08. The van der Waals surface area contributed by atoms with Gasteiger partial charge in [0.1, 0.15) is 4.21 Å². The standard InChI is InChI=1S/C15H14BrN3O2S2/c16-14-5-6-15(22-14)23(20,21)19-9-7-18(8-10-19)13-3-1-12(11-17)2-4-13/h1-6H,7-10H2. The summed E-state index contributed by atoms with van der Waals surface area (Å²) >= 11 is 4.54.